The van der Waals surface area contributed by atoms with Crippen LogP contribution in [0.4, 0.5) is 0 Å². The minimum absolute atomic E-state index is 0.00357. The molecule has 0 saturated carbocycles. The second-order valence-corrected chi connectivity index (χ2v) is 8.43. The number of Topliss-reactive ketones (excluding diaryl/α,β-unsaturated/α-hetero) is 2. The molecule has 0 fully saturated rings. The third-order valence-electron chi connectivity index (χ3n) is 4.56. The van der Waals surface area contributed by atoms with Crippen LogP contribution in [-0.4, -0.2) is 36.7 Å². The van der Waals surface area contributed by atoms with Crippen molar-refractivity contribution in [2.24, 2.45) is 0 Å². The van der Waals surface area contributed by atoms with Crippen molar-refractivity contribution in [2.75, 3.05) is 13.2 Å². The average molecular weight is 460 g/mol. The Balaban J connectivity index is 1.70. The topological polar surface area (TPSA) is 98.8 Å². The van der Waals surface area contributed by atoms with Gasteiger partial charge in [0.25, 0.3) is 0 Å². The number of nitrogens with one attached hydrogen (secondary N) is 1. The zero-order chi connectivity index (χ0) is 23.3. The van der Waals surface area contributed by atoms with Gasteiger partial charge in [0.2, 0.25) is 11.7 Å². The summed E-state index contributed by atoms with van der Waals surface area (Å²) in [7, 11) is 0. The number of carbonyl (C=O) groups is 4. The number of hydrogen-bond donors (Lipinski definition) is 1. The number of amides is 1. The summed E-state index contributed by atoms with van der Waals surface area (Å²) < 4.78 is 10.6. The van der Waals surface area contributed by atoms with E-state index in [1.54, 1.807) is 36.4 Å². The van der Waals surface area contributed by atoms with Crippen LogP contribution in [0.15, 0.2) is 36.4 Å². The summed E-state index contributed by atoms with van der Waals surface area (Å²) in [4.78, 5) is 48.6. The number of thiophene rings is 1. The summed E-state index contributed by atoms with van der Waals surface area (Å²) in [6.07, 6.45) is 3.14. The molecule has 0 aliphatic heterocycles. The Morgan fingerprint density at radius 1 is 0.938 bits per heavy atom. The van der Waals surface area contributed by atoms with E-state index in [1.807, 2.05) is 0 Å². The van der Waals surface area contributed by atoms with E-state index in [1.165, 1.54) is 18.3 Å². The van der Waals surface area contributed by atoms with E-state index in [0.717, 1.165) is 24.1 Å². The smallest absolute Gasteiger partial charge is 0.306 e. The van der Waals surface area contributed by atoms with Crippen LogP contribution in [0.3, 0.4) is 0 Å². The molecule has 8 heteroatoms. The van der Waals surface area contributed by atoms with Crippen molar-refractivity contribution in [2.45, 2.75) is 52.5 Å². The number of ketones is 2. The zero-order valence-electron chi connectivity index (χ0n) is 18.5. The molecule has 1 aromatic heterocycles. The largest absolute Gasteiger partial charge is 0.494 e. The lowest BCUT2D eigenvalue weighted by molar-refractivity contribution is -0.142. The minimum atomic E-state index is -0.599. The molecule has 0 atom stereocenters. The van der Waals surface area contributed by atoms with E-state index < -0.39 is 5.97 Å². The summed E-state index contributed by atoms with van der Waals surface area (Å²) in [5.41, 5.74) is 0.500. The molecule has 0 saturated heterocycles. The molecule has 0 aliphatic carbocycles. The van der Waals surface area contributed by atoms with Crippen LogP contribution < -0.4 is 10.1 Å². The Kier molecular flexibility index (Phi) is 10.6. The first-order chi connectivity index (χ1) is 15.4. The van der Waals surface area contributed by atoms with Gasteiger partial charge in [0.05, 0.1) is 24.4 Å². The minimum Gasteiger partial charge on any atom is -0.494 e. The number of unbranched alkanes of at least 4 members (excludes halogenated alkanes) is 2. The Morgan fingerprint density at radius 3 is 2.38 bits per heavy atom. The molecule has 7 nitrogen and oxygen atoms in total. The van der Waals surface area contributed by atoms with E-state index >= 15 is 0 Å². The fourth-order valence-electron chi connectivity index (χ4n) is 2.76. The second-order valence-electron chi connectivity index (χ2n) is 7.26. The van der Waals surface area contributed by atoms with Gasteiger partial charge >= 0.3 is 5.97 Å². The van der Waals surface area contributed by atoms with Gasteiger partial charge in [-0.1, -0.05) is 19.8 Å². The van der Waals surface area contributed by atoms with Gasteiger partial charge in [0.1, 0.15) is 5.75 Å². The standard InChI is InChI=1S/C24H29NO6S/c1-3-4-5-14-30-19-8-6-18(7-9-19)21(27)11-13-24(29)31-16-22(28)23-12-10-20(32-23)15-25-17(2)26/h6-10,12H,3-5,11,13-16H2,1-2H3,(H,25,26). The van der Waals surface area contributed by atoms with Gasteiger partial charge in [-0.15, -0.1) is 11.3 Å². The van der Waals surface area contributed by atoms with Crippen molar-refractivity contribution in [3.05, 3.63) is 51.7 Å². The fourth-order valence-corrected chi connectivity index (χ4v) is 3.63. The van der Waals surface area contributed by atoms with Crippen LogP contribution in [0.5, 0.6) is 5.75 Å². The van der Waals surface area contributed by atoms with Crippen LogP contribution in [0.1, 0.15) is 70.9 Å². The zero-order valence-corrected chi connectivity index (χ0v) is 19.3. The highest BCUT2D eigenvalue weighted by molar-refractivity contribution is 7.14. The lowest BCUT2D eigenvalue weighted by Gasteiger charge is -2.07. The molecule has 0 radical (unpaired) electrons. The third kappa shape index (κ3) is 9.01. The van der Waals surface area contributed by atoms with Gasteiger partial charge in [-0.3, -0.25) is 19.2 Å². The van der Waals surface area contributed by atoms with Crippen LogP contribution in [-0.2, 0) is 20.9 Å². The Bertz CT molecular complexity index is 919. The van der Waals surface area contributed by atoms with Crippen molar-refractivity contribution in [3.8, 4) is 5.75 Å². The van der Waals surface area contributed by atoms with Gasteiger partial charge in [0.15, 0.2) is 12.4 Å². The predicted octanol–water partition coefficient (Wildman–Crippen LogP) is 4.34. The monoisotopic (exact) mass is 459 g/mol. The van der Waals surface area contributed by atoms with E-state index in [0.29, 0.717) is 29.3 Å². The van der Waals surface area contributed by atoms with Crippen LogP contribution in [0.25, 0.3) is 0 Å². The number of ether oxygens (including phenoxy) is 2. The second kappa shape index (κ2) is 13.4. The first-order valence-electron chi connectivity index (χ1n) is 10.7. The highest BCUT2D eigenvalue weighted by Gasteiger charge is 2.14. The first kappa shape index (κ1) is 25.3. The Morgan fingerprint density at radius 2 is 1.69 bits per heavy atom. The first-order valence-corrected chi connectivity index (χ1v) is 11.5. The van der Waals surface area contributed by atoms with Gasteiger partial charge in [-0.25, -0.2) is 0 Å². The summed E-state index contributed by atoms with van der Waals surface area (Å²) >= 11 is 1.24. The van der Waals surface area contributed by atoms with E-state index in [4.69, 9.17) is 9.47 Å². The van der Waals surface area contributed by atoms with Crippen LogP contribution in [0, 0.1) is 0 Å². The van der Waals surface area contributed by atoms with Gasteiger partial charge < -0.3 is 14.8 Å². The molecule has 0 spiro atoms. The van der Waals surface area contributed by atoms with Gasteiger partial charge in [-0.05, 0) is 42.8 Å². The number of hydrogen-bond acceptors (Lipinski definition) is 7. The summed E-state index contributed by atoms with van der Waals surface area (Å²) in [5.74, 6) is -0.534. The summed E-state index contributed by atoms with van der Waals surface area (Å²) in [6.45, 7) is 4.17. The number of carbonyl (C=O) groups excluding carboxylic acids is 4. The predicted molar refractivity (Wildman–Crippen MR) is 122 cm³/mol. The Hall–Kier alpha value is -3.00. The Labute approximate surface area is 192 Å². The van der Waals surface area contributed by atoms with E-state index in [9.17, 15) is 19.2 Å². The van der Waals surface area contributed by atoms with Crippen LogP contribution in [0.2, 0.25) is 0 Å². The summed E-state index contributed by atoms with van der Waals surface area (Å²) in [5, 5.41) is 2.66. The maximum Gasteiger partial charge on any atom is 0.306 e. The van der Waals surface area contributed by atoms with Crippen molar-refractivity contribution < 1.29 is 28.7 Å². The molecule has 2 aromatic rings. The van der Waals surface area contributed by atoms with Crippen molar-refractivity contribution in [1.82, 2.24) is 5.32 Å². The highest BCUT2D eigenvalue weighted by Crippen LogP contribution is 2.18. The van der Waals surface area contributed by atoms with Crippen molar-refractivity contribution in [1.29, 1.82) is 0 Å². The maximum atomic E-state index is 12.3. The molecule has 1 N–H and O–H groups in total. The molecule has 0 aliphatic rings. The van der Waals surface area contributed by atoms with E-state index in [-0.39, 0.29) is 36.9 Å². The van der Waals surface area contributed by atoms with Crippen LogP contribution >= 0.6 is 11.3 Å². The molecule has 1 heterocycles. The number of esters is 1. The van der Waals surface area contributed by atoms with Crippen molar-refractivity contribution in [3.63, 3.8) is 0 Å². The third-order valence-corrected chi connectivity index (χ3v) is 5.69. The molecule has 32 heavy (non-hydrogen) atoms. The molecule has 0 bridgehead atoms. The lowest BCUT2D eigenvalue weighted by Crippen LogP contribution is -2.18. The number of benzene rings is 1. The van der Waals surface area contributed by atoms with Gasteiger partial charge in [0, 0.05) is 23.8 Å². The average Bonchev–Trinajstić information content (AvgIpc) is 3.27. The molecule has 1 amide bonds. The quantitative estimate of drug-likeness (QED) is 0.256. The molecular formula is C24H29NO6S. The van der Waals surface area contributed by atoms with Crippen molar-refractivity contribution >= 4 is 34.8 Å². The lowest BCUT2D eigenvalue weighted by atomic mass is 10.1. The maximum absolute atomic E-state index is 12.3. The molecule has 1 aromatic carbocycles. The molecule has 2 rings (SSSR count). The highest BCUT2D eigenvalue weighted by atomic mass is 32.1. The molecule has 0 unspecified atom stereocenters. The fraction of sp³-hybridized carbons (Fsp3) is 0.417. The normalized spacial score (nSPS) is 10.4. The van der Waals surface area contributed by atoms with E-state index in [2.05, 4.69) is 12.2 Å². The molecule has 172 valence electrons. The number of rotatable bonds is 14. The SMILES string of the molecule is CCCCCOc1ccc(C(=O)CCC(=O)OCC(=O)c2ccc(CNC(C)=O)s2)cc1. The van der Waals surface area contributed by atoms with Gasteiger partial charge in [-0.2, -0.15) is 0 Å². The summed E-state index contributed by atoms with van der Waals surface area (Å²) in [6, 6.07) is 10.2. The molecular weight excluding hydrogens is 430 g/mol.